The van der Waals surface area contributed by atoms with Gasteiger partial charge in [-0.15, -0.1) is 0 Å². The Bertz CT molecular complexity index is 376. The number of likely N-dealkylation sites (N-methyl/N-ethyl adjacent to an activating group) is 1. The second kappa shape index (κ2) is 6.84. The molecule has 0 aromatic heterocycles. The third-order valence-corrected chi connectivity index (χ3v) is 3.21. The zero-order valence-electron chi connectivity index (χ0n) is 9.89. The van der Waals surface area contributed by atoms with E-state index < -0.39 is 0 Å². The summed E-state index contributed by atoms with van der Waals surface area (Å²) in [6, 6.07) is 5.45. The lowest BCUT2D eigenvalue weighted by Gasteiger charge is -2.12. The van der Waals surface area contributed by atoms with Crippen molar-refractivity contribution in [3.63, 3.8) is 0 Å². The first-order chi connectivity index (χ1) is 8.04. The van der Waals surface area contributed by atoms with Gasteiger partial charge in [0.15, 0.2) is 0 Å². The number of benzene rings is 1. The van der Waals surface area contributed by atoms with Crippen molar-refractivity contribution in [1.82, 2.24) is 10.6 Å². The highest BCUT2D eigenvalue weighted by atomic mass is 35.5. The number of halogens is 2. The number of carbonyl (C=O) groups is 1. The van der Waals surface area contributed by atoms with Gasteiger partial charge in [0.05, 0.1) is 6.42 Å². The molecule has 5 heteroatoms. The number of hydrogen-bond acceptors (Lipinski definition) is 2. The van der Waals surface area contributed by atoms with E-state index in [2.05, 4.69) is 10.6 Å². The summed E-state index contributed by atoms with van der Waals surface area (Å²) in [5.74, 6) is -0.0814. The molecule has 2 N–H and O–H groups in total. The molecule has 0 fully saturated rings. The molecule has 0 aliphatic carbocycles. The van der Waals surface area contributed by atoms with Crippen molar-refractivity contribution < 1.29 is 4.79 Å². The van der Waals surface area contributed by atoms with Gasteiger partial charge in [-0.1, -0.05) is 29.3 Å². The van der Waals surface area contributed by atoms with Crippen LogP contribution in [-0.4, -0.2) is 25.5 Å². The van der Waals surface area contributed by atoms with Gasteiger partial charge in [-0.2, -0.15) is 0 Å². The molecule has 0 saturated heterocycles. The van der Waals surface area contributed by atoms with Crippen LogP contribution in [0.15, 0.2) is 18.2 Å². The molecule has 1 atom stereocenters. The van der Waals surface area contributed by atoms with E-state index in [1.54, 1.807) is 18.2 Å². The van der Waals surface area contributed by atoms with E-state index in [-0.39, 0.29) is 18.4 Å². The third kappa shape index (κ3) is 4.54. The zero-order valence-corrected chi connectivity index (χ0v) is 11.4. The average Bonchev–Trinajstić information content (AvgIpc) is 2.31. The van der Waals surface area contributed by atoms with Crippen LogP contribution in [0.1, 0.15) is 12.5 Å². The predicted octanol–water partition coefficient (Wildman–Crippen LogP) is 2.26. The summed E-state index contributed by atoms with van der Waals surface area (Å²) in [6.45, 7) is 2.57. The molecular formula is C12H16Cl2N2O. The van der Waals surface area contributed by atoms with Crippen LogP contribution in [0, 0.1) is 0 Å². The molecule has 17 heavy (non-hydrogen) atoms. The van der Waals surface area contributed by atoms with Crippen molar-refractivity contribution in [2.75, 3.05) is 13.6 Å². The molecule has 1 rings (SSSR count). The Labute approximate surface area is 111 Å². The summed E-state index contributed by atoms with van der Waals surface area (Å²) in [5, 5.41) is 6.90. The summed E-state index contributed by atoms with van der Waals surface area (Å²) in [7, 11) is 1.85. The summed E-state index contributed by atoms with van der Waals surface area (Å²) < 4.78 is 0. The minimum atomic E-state index is -0.0814. The SMILES string of the molecule is CNC(C)CNC(=O)Cc1c(Cl)cccc1Cl. The van der Waals surface area contributed by atoms with Crippen LogP contribution in [0.5, 0.6) is 0 Å². The normalized spacial score (nSPS) is 12.2. The molecule has 0 radical (unpaired) electrons. The zero-order chi connectivity index (χ0) is 12.8. The molecule has 0 spiro atoms. The summed E-state index contributed by atoms with van der Waals surface area (Å²) >= 11 is 12.0. The summed E-state index contributed by atoms with van der Waals surface area (Å²) in [6.07, 6.45) is 0.203. The Morgan fingerprint density at radius 3 is 2.47 bits per heavy atom. The Morgan fingerprint density at radius 1 is 1.35 bits per heavy atom. The number of hydrogen-bond donors (Lipinski definition) is 2. The monoisotopic (exact) mass is 274 g/mol. The van der Waals surface area contributed by atoms with Crippen molar-refractivity contribution in [1.29, 1.82) is 0 Å². The number of amides is 1. The van der Waals surface area contributed by atoms with Gasteiger partial charge in [-0.05, 0) is 31.7 Å². The van der Waals surface area contributed by atoms with Crippen molar-refractivity contribution in [3.05, 3.63) is 33.8 Å². The molecule has 1 amide bonds. The predicted molar refractivity (Wildman–Crippen MR) is 71.7 cm³/mol. The van der Waals surface area contributed by atoms with Crippen LogP contribution >= 0.6 is 23.2 Å². The maximum absolute atomic E-state index is 11.7. The number of carbonyl (C=O) groups excluding carboxylic acids is 1. The molecule has 1 aromatic carbocycles. The molecular weight excluding hydrogens is 259 g/mol. The van der Waals surface area contributed by atoms with E-state index in [0.717, 1.165) is 0 Å². The Morgan fingerprint density at radius 2 is 1.94 bits per heavy atom. The van der Waals surface area contributed by atoms with Gasteiger partial charge >= 0.3 is 0 Å². The maximum Gasteiger partial charge on any atom is 0.224 e. The van der Waals surface area contributed by atoms with E-state index in [1.165, 1.54) is 0 Å². The van der Waals surface area contributed by atoms with E-state index in [9.17, 15) is 4.79 Å². The van der Waals surface area contributed by atoms with E-state index in [4.69, 9.17) is 23.2 Å². The molecule has 0 bridgehead atoms. The van der Waals surface area contributed by atoms with Crippen LogP contribution in [0.25, 0.3) is 0 Å². The Hall–Kier alpha value is -0.770. The highest BCUT2D eigenvalue weighted by molar-refractivity contribution is 6.36. The van der Waals surface area contributed by atoms with E-state index in [1.807, 2.05) is 14.0 Å². The lowest BCUT2D eigenvalue weighted by Crippen LogP contribution is -2.37. The number of nitrogens with one attached hydrogen (secondary N) is 2. The lowest BCUT2D eigenvalue weighted by molar-refractivity contribution is -0.120. The van der Waals surface area contributed by atoms with Crippen molar-refractivity contribution in [2.24, 2.45) is 0 Å². The minimum absolute atomic E-state index is 0.0814. The van der Waals surface area contributed by atoms with Gasteiger partial charge in [0.1, 0.15) is 0 Å². The molecule has 0 aliphatic rings. The van der Waals surface area contributed by atoms with Gasteiger partial charge in [0, 0.05) is 22.6 Å². The third-order valence-electron chi connectivity index (χ3n) is 2.50. The minimum Gasteiger partial charge on any atom is -0.354 e. The Balaban J connectivity index is 2.56. The van der Waals surface area contributed by atoms with Crippen LogP contribution in [0.3, 0.4) is 0 Å². The quantitative estimate of drug-likeness (QED) is 0.865. The van der Waals surface area contributed by atoms with Gasteiger partial charge < -0.3 is 10.6 Å². The first-order valence-electron chi connectivity index (χ1n) is 5.41. The fraction of sp³-hybridized carbons (Fsp3) is 0.417. The van der Waals surface area contributed by atoms with Gasteiger partial charge in [0.2, 0.25) is 5.91 Å². The fourth-order valence-electron chi connectivity index (χ4n) is 1.29. The van der Waals surface area contributed by atoms with Crippen molar-refractivity contribution in [3.8, 4) is 0 Å². The average molecular weight is 275 g/mol. The van der Waals surface area contributed by atoms with Crippen LogP contribution in [-0.2, 0) is 11.2 Å². The fourth-order valence-corrected chi connectivity index (χ4v) is 1.82. The summed E-state index contributed by atoms with van der Waals surface area (Å²) in [4.78, 5) is 11.7. The van der Waals surface area contributed by atoms with Crippen LogP contribution in [0.4, 0.5) is 0 Å². The summed E-state index contributed by atoms with van der Waals surface area (Å²) in [5.41, 5.74) is 0.672. The second-order valence-corrected chi connectivity index (χ2v) is 4.69. The lowest BCUT2D eigenvalue weighted by atomic mass is 10.1. The van der Waals surface area contributed by atoms with E-state index in [0.29, 0.717) is 22.2 Å². The van der Waals surface area contributed by atoms with E-state index >= 15 is 0 Å². The molecule has 1 aromatic rings. The van der Waals surface area contributed by atoms with Gasteiger partial charge in [-0.25, -0.2) is 0 Å². The molecule has 94 valence electrons. The van der Waals surface area contributed by atoms with Gasteiger partial charge in [-0.3, -0.25) is 4.79 Å². The molecule has 3 nitrogen and oxygen atoms in total. The van der Waals surface area contributed by atoms with Gasteiger partial charge in [0.25, 0.3) is 0 Å². The van der Waals surface area contributed by atoms with Crippen LogP contribution < -0.4 is 10.6 Å². The van der Waals surface area contributed by atoms with Crippen molar-refractivity contribution >= 4 is 29.1 Å². The topological polar surface area (TPSA) is 41.1 Å². The number of rotatable bonds is 5. The second-order valence-electron chi connectivity index (χ2n) is 3.87. The molecule has 0 aliphatic heterocycles. The van der Waals surface area contributed by atoms with Crippen LogP contribution in [0.2, 0.25) is 10.0 Å². The van der Waals surface area contributed by atoms with Crippen molar-refractivity contribution in [2.45, 2.75) is 19.4 Å². The first kappa shape index (κ1) is 14.3. The smallest absolute Gasteiger partial charge is 0.224 e. The first-order valence-corrected chi connectivity index (χ1v) is 6.17. The maximum atomic E-state index is 11.7. The Kier molecular flexibility index (Phi) is 5.75. The molecule has 1 unspecified atom stereocenters. The highest BCUT2D eigenvalue weighted by Crippen LogP contribution is 2.24. The molecule has 0 saturated carbocycles. The largest absolute Gasteiger partial charge is 0.354 e. The molecule has 0 heterocycles. The standard InChI is InChI=1S/C12H16Cl2N2O/c1-8(15-2)7-16-12(17)6-9-10(13)4-3-5-11(9)14/h3-5,8,15H,6-7H2,1-2H3,(H,16,17). The highest BCUT2D eigenvalue weighted by Gasteiger charge is 2.11.